The molecule has 2 unspecified atom stereocenters. The minimum absolute atomic E-state index is 0.0123. The number of halogens is 1. The maximum atomic E-state index is 13.9. The maximum absolute atomic E-state index is 13.9. The van der Waals surface area contributed by atoms with Crippen molar-refractivity contribution < 1.29 is 14.0 Å². The van der Waals surface area contributed by atoms with E-state index in [9.17, 15) is 14.0 Å². The molecule has 1 aliphatic carbocycles. The minimum atomic E-state index is -0.502. The normalized spacial score (nSPS) is 20.7. The lowest BCUT2D eigenvalue weighted by Gasteiger charge is -2.35. The first kappa shape index (κ1) is 24.3. The molecule has 1 aromatic heterocycles. The summed E-state index contributed by atoms with van der Waals surface area (Å²) in [5.74, 6) is -0.233. The number of nitrogens with zero attached hydrogens (tertiary/aromatic N) is 2. The van der Waals surface area contributed by atoms with E-state index in [1.54, 1.807) is 25.4 Å². The van der Waals surface area contributed by atoms with Gasteiger partial charge in [0.15, 0.2) is 0 Å². The molecule has 6 nitrogen and oxygen atoms in total. The largest absolute Gasteiger partial charge is 0.343 e. The van der Waals surface area contributed by atoms with Crippen LogP contribution in [0.3, 0.4) is 0 Å². The molecule has 1 saturated carbocycles. The van der Waals surface area contributed by atoms with Crippen LogP contribution in [0.15, 0.2) is 42.7 Å². The number of rotatable bonds is 7. The number of aromatic nitrogens is 1. The summed E-state index contributed by atoms with van der Waals surface area (Å²) in [7, 11) is 1.75. The predicted molar refractivity (Wildman–Crippen MR) is 130 cm³/mol. The van der Waals surface area contributed by atoms with Gasteiger partial charge in [0, 0.05) is 24.5 Å². The SMILES string of the molecule is CNC(C)C(=O)N[C@H](C(=O)N1CCCC1c1cncc(-c2ccc(F)cc2)c1)C1CCCCC1. The van der Waals surface area contributed by atoms with Crippen molar-refractivity contribution in [3.05, 3.63) is 54.1 Å². The Hall–Kier alpha value is -2.80. The van der Waals surface area contributed by atoms with Gasteiger partial charge in [-0.25, -0.2) is 4.39 Å². The second kappa shape index (κ2) is 11.1. The average molecular weight is 467 g/mol. The fraction of sp³-hybridized carbons (Fsp3) is 0.519. The summed E-state index contributed by atoms with van der Waals surface area (Å²) in [5, 5.41) is 6.06. The van der Waals surface area contributed by atoms with E-state index < -0.39 is 6.04 Å². The molecule has 4 rings (SSSR count). The fourth-order valence-electron chi connectivity index (χ4n) is 5.25. The molecule has 2 aliphatic rings. The molecule has 2 aromatic rings. The summed E-state index contributed by atoms with van der Waals surface area (Å²) in [5.41, 5.74) is 2.77. The first-order valence-electron chi connectivity index (χ1n) is 12.5. The molecule has 2 heterocycles. The van der Waals surface area contributed by atoms with Crippen molar-refractivity contribution in [2.24, 2.45) is 5.92 Å². The van der Waals surface area contributed by atoms with Crippen LogP contribution in [0.2, 0.25) is 0 Å². The van der Waals surface area contributed by atoms with Crippen molar-refractivity contribution in [2.45, 2.75) is 70.0 Å². The van der Waals surface area contributed by atoms with Gasteiger partial charge >= 0.3 is 0 Å². The molecule has 2 N–H and O–H groups in total. The Morgan fingerprint density at radius 1 is 1.03 bits per heavy atom. The number of carbonyl (C=O) groups is 2. The number of amides is 2. The highest BCUT2D eigenvalue weighted by Crippen LogP contribution is 2.36. The van der Waals surface area contributed by atoms with Gasteiger partial charge in [-0.3, -0.25) is 14.6 Å². The number of nitrogens with one attached hydrogen (secondary N) is 2. The Kier molecular flexibility index (Phi) is 7.93. The van der Waals surface area contributed by atoms with E-state index in [2.05, 4.69) is 15.6 Å². The lowest BCUT2D eigenvalue weighted by atomic mass is 9.83. The molecular weight excluding hydrogens is 431 g/mol. The van der Waals surface area contributed by atoms with E-state index in [0.29, 0.717) is 6.54 Å². The fourth-order valence-corrected chi connectivity index (χ4v) is 5.25. The maximum Gasteiger partial charge on any atom is 0.245 e. The van der Waals surface area contributed by atoms with Crippen molar-refractivity contribution in [1.29, 1.82) is 0 Å². The van der Waals surface area contributed by atoms with Crippen LogP contribution < -0.4 is 10.6 Å². The third-order valence-corrected chi connectivity index (χ3v) is 7.37. The number of likely N-dealkylation sites (tertiary alicyclic amines) is 1. The van der Waals surface area contributed by atoms with Crippen LogP contribution in [-0.2, 0) is 9.59 Å². The van der Waals surface area contributed by atoms with Crippen LogP contribution in [0.25, 0.3) is 11.1 Å². The van der Waals surface area contributed by atoms with Crippen LogP contribution in [0.1, 0.15) is 63.5 Å². The van der Waals surface area contributed by atoms with Crippen LogP contribution >= 0.6 is 0 Å². The van der Waals surface area contributed by atoms with Gasteiger partial charge in [-0.15, -0.1) is 0 Å². The number of benzene rings is 1. The van der Waals surface area contributed by atoms with E-state index in [1.165, 1.54) is 18.6 Å². The van der Waals surface area contributed by atoms with Crippen LogP contribution in [-0.4, -0.2) is 47.4 Å². The molecule has 0 radical (unpaired) electrons. The van der Waals surface area contributed by atoms with Crippen molar-refractivity contribution in [3.63, 3.8) is 0 Å². The number of hydrogen-bond acceptors (Lipinski definition) is 4. The molecule has 7 heteroatoms. The van der Waals surface area contributed by atoms with Gasteiger partial charge in [0.2, 0.25) is 11.8 Å². The number of hydrogen-bond donors (Lipinski definition) is 2. The quantitative estimate of drug-likeness (QED) is 0.641. The first-order chi connectivity index (χ1) is 16.5. The van der Waals surface area contributed by atoms with E-state index in [0.717, 1.165) is 55.2 Å². The molecule has 1 aromatic carbocycles. The van der Waals surface area contributed by atoms with Gasteiger partial charge in [-0.2, -0.15) is 0 Å². The second-order valence-electron chi connectivity index (χ2n) is 9.60. The highest BCUT2D eigenvalue weighted by molar-refractivity contribution is 5.90. The molecule has 2 amide bonds. The number of carbonyl (C=O) groups excluding carboxylic acids is 2. The minimum Gasteiger partial charge on any atom is -0.343 e. The summed E-state index contributed by atoms with van der Waals surface area (Å²) in [6.45, 7) is 2.48. The molecule has 1 saturated heterocycles. The van der Waals surface area contributed by atoms with Gasteiger partial charge in [-0.1, -0.05) is 31.4 Å². The van der Waals surface area contributed by atoms with Gasteiger partial charge in [0.1, 0.15) is 11.9 Å². The standard InChI is InChI=1S/C27H35FN4O2/c1-18(29-2)26(33)31-25(20-7-4-3-5-8-20)27(34)32-14-6-9-24(32)22-15-21(16-30-17-22)19-10-12-23(28)13-11-19/h10-13,15-18,20,24-25,29H,3-9,14H2,1-2H3,(H,31,33)/t18?,24?,25-/m0/s1. The summed E-state index contributed by atoms with van der Waals surface area (Å²) in [6.07, 6.45) is 10.7. The highest BCUT2D eigenvalue weighted by Gasteiger charge is 2.39. The van der Waals surface area contributed by atoms with Gasteiger partial charge in [0.05, 0.1) is 12.1 Å². The van der Waals surface area contributed by atoms with Gasteiger partial charge in [-0.05, 0) is 74.9 Å². The molecular formula is C27H35FN4O2. The Morgan fingerprint density at radius 3 is 2.47 bits per heavy atom. The topological polar surface area (TPSA) is 74.3 Å². The first-order valence-corrected chi connectivity index (χ1v) is 12.5. The van der Waals surface area contributed by atoms with Crippen LogP contribution in [0.5, 0.6) is 0 Å². The Morgan fingerprint density at radius 2 is 1.76 bits per heavy atom. The molecule has 34 heavy (non-hydrogen) atoms. The Bertz CT molecular complexity index is 990. The number of pyridine rings is 1. The van der Waals surface area contributed by atoms with Crippen molar-refractivity contribution >= 4 is 11.8 Å². The van der Waals surface area contributed by atoms with Crippen molar-refractivity contribution in [2.75, 3.05) is 13.6 Å². The van der Waals surface area contributed by atoms with E-state index in [1.807, 2.05) is 24.1 Å². The van der Waals surface area contributed by atoms with Gasteiger partial charge < -0.3 is 15.5 Å². The molecule has 182 valence electrons. The van der Waals surface area contributed by atoms with Crippen LogP contribution in [0, 0.1) is 11.7 Å². The molecule has 0 spiro atoms. The highest BCUT2D eigenvalue weighted by atomic mass is 19.1. The third-order valence-electron chi connectivity index (χ3n) is 7.37. The second-order valence-corrected chi connectivity index (χ2v) is 9.60. The zero-order valence-corrected chi connectivity index (χ0v) is 20.1. The molecule has 2 fully saturated rings. The zero-order chi connectivity index (χ0) is 24.1. The zero-order valence-electron chi connectivity index (χ0n) is 20.1. The van der Waals surface area contributed by atoms with E-state index in [4.69, 9.17) is 0 Å². The van der Waals surface area contributed by atoms with Crippen molar-refractivity contribution in [1.82, 2.24) is 20.5 Å². The number of likely N-dealkylation sites (N-methyl/N-ethyl adjacent to an activating group) is 1. The van der Waals surface area contributed by atoms with E-state index in [-0.39, 0.29) is 35.6 Å². The summed E-state index contributed by atoms with van der Waals surface area (Å²) in [6, 6.07) is 7.48. The Labute approximate surface area is 201 Å². The Balaban J connectivity index is 1.57. The smallest absolute Gasteiger partial charge is 0.245 e. The van der Waals surface area contributed by atoms with Crippen LogP contribution in [0.4, 0.5) is 4.39 Å². The van der Waals surface area contributed by atoms with Gasteiger partial charge in [0.25, 0.3) is 0 Å². The van der Waals surface area contributed by atoms with E-state index >= 15 is 0 Å². The third kappa shape index (κ3) is 5.46. The van der Waals surface area contributed by atoms with Crippen molar-refractivity contribution in [3.8, 4) is 11.1 Å². The lowest BCUT2D eigenvalue weighted by molar-refractivity contribution is -0.139. The molecule has 0 bridgehead atoms. The predicted octanol–water partition coefficient (Wildman–Crippen LogP) is 4.22. The lowest BCUT2D eigenvalue weighted by Crippen LogP contribution is -2.55. The average Bonchev–Trinajstić information content (AvgIpc) is 3.37. The summed E-state index contributed by atoms with van der Waals surface area (Å²) in [4.78, 5) is 33.0. The summed E-state index contributed by atoms with van der Waals surface area (Å²) < 4.78 is 13.4. The molecule has 1 aliphatic heterocycles. The summed E-state index contributed by atoms with van der Waals surface area (Å²) >= 11 is 0. The monoisotopic (exact) mass is 466 g/mol. The molecule has 3 atom stereocenters.